The van der Waals surface area contributed by atoms with Crippen molar-refractivity contribution in [3.8, 4) is 5.75 Å². The Labute approximate surface area is 118 Å². The maximum atomic E-state index is 6.00. The van der Waals surface area contributed by atoms with Crippen molar-refractivity contribution in [3.63, 3.8) is 0 Å². The average molecular weight is 260 g/mol. The molecule has 0 radical (unpaired) electrons. The van der Waals surface area contributed by atoms with Crippen LogP contribution in [0.4, 0.5) is 0 Å². The van der Waals surface area contributed by atoms with E-state index in [0.717, 1.165) is 12.4 Å². The highest BCUT2D eigenvalue weighted by Crippen LogP contribution is 2.24. The molecule has 1 rings (SSSR count). The van der Waals surface area contributed by atoms with Crippen LogP contribution in [0.5, 0.6) is 5.75 Å². The fraction of sp³-hybridized carbons (Fsp3) is 0.556. The highest BCUT2D eigenvalue weighted by atomic mass is 16.5. The minimum absolute atomic E-state index is 0.690. The van der Waals surface area contributed by atoms with Crippen LogP contribution >= 0.6 is 0 Å². The number of hydrogen-bond acceptors (Lipinski definition) is 1. The van der Waals surface area contributed by atoms with Crippen LogP contribution in [0.25, 0.3) is 6.08 Å². The predicted molar refractivity (Wildman–Crippen MR) is 84.8 cm³/mol. The summed E-state index contributed by atoms with van der Waals surface area (Å²) in [5.74, 6) is 1.69. The van der Waals surface area contributed by atoms with E-state index in [1.165, 1.54) is 42.4 Å². The molecule has 106 valence electrons. The predicted octanol–water partition coefficient (Wildman–Crippen LogP) is 5.54. The van der Waals surface area contributed by atoms with E-state index in [-0.39, 0.29) is 0 Å². The van der Waals surface area contributed by atoms with Crippen molar-refractivity contribution in [2.75, 3.05) is 6.61 Å². The summed E-state index contributed by atoms with van der Waals surface area (Å²) in [5, 5.41) is 0. The van der Waals surface area contributed by atoms with Gasteiger partial charge in [0.15, 0.2) is 0 Å². The van der Waals surface area contributed by atoms with Crippen molar-refractivity contribution in [1.29, 1.82) is 0 Å². The summed E-state index contributed by atoms with van der Waals surface area (Å²) in [7, 11) is 0. The van der Waals surface area contributed by atoms with Gasteiger partial charge >= 0.3 is 0 Å². The van der Waals surface area contributed by atoms with E-state index in [9.17, 15) is 0 Å². The zero-order chi connectivity index (χ0) is 14.3. The van der Waals surface area contributed by atoms with Gasteiger partial charge in [-0.1, -0.05) is 39.3 Å². The van der Waals surface area contributed by atoms with Gasteiger partial charge in [0.25, 0.3) is 0 Å². The molecule has 0 saturated heterocycles. The smallest absolute Gasteiger partial charge is 0.119 e. The third-order valence-electron chi connectivity index (χ3n) is 3.65. The van der Waals surface area contributed by atoms with E-state index in [1.54, 1.807) is 0 Å². The highest BCUT2D eigenvalue weighted by molar-refractivity contribution is 5.58. The molecule has 0 saturated carbocycles. The van der Waals surface area contributed by atoms with Gasteiger partial charge in [-0.2, -0.15) is 0 Å². The van der Waals surface area contributed by atoms with Crippen molar-refractivity contribution in [1.82, 2.24) is 0 Å². The van der Waals surface area contributed by atoms with Crippen LogP contribution < -0.4 is 4.74 Å². The summed E-state index contributed by atoms with van der Waals surface area (Å²) in [6, 6.07) is 4.25. The Balaban J connectivity index is 2.69. The van der Waals surface area contributed by atoms with Gasteiger partial charge in [0.1, 0.15) is 5.75 Å². The lowest BCUT2D eigenvalue weighted by Crippen LogP contribution is -2.12. The third-order valence-corrected chi connectivity index (χ3v) is 3.65. The summed E-state index contributed by atoms with van der Waals surface area (Å²) in [6.07, 6.45) is 6.92. The van der Waals surface area contributed by atoms with E-state index >= 15 is 0 Å². The first-order valence-corrected chi connectivity index (χ1v) is 7.48. The molecule has 0 unspecified atom stereocenters. The normalized spacial score (nSPS) is 10.8. The Kier molecular flexibility index (Phi) is 6.69. The SMILES string of the molecule is C=Cc1c(C)cc(OCC(CCC)CCC)cc1C. The molecule has 0 spiro atoms. The lowest BCUT2D eigenvalue weighted by Gasteiger charge is -2.17. The van der Waals surface area contributed by atoms with E-state index < -0.39 is 0 Å². The van der Waals surface area contributed by atoms with E-state index in [0.29, 0.717) is 5.92 Å². The quantitative estimate of drug-likeness (QED) is 0.596. The molecule has 0 fully saturated rings. The monoisotopic (exact) mass is 260 g/mol. The highest BCUT2D eigenvalue weighted by Gasteiger charge is 2.09. The molecule has 0 N–H and O–H groups in total. The largest absolute Gasteiger partial charge is 0.493 e. The molecule has 1 aromatic rings. The Hall–Kier alpha value is -1.24. The first-order chi connectivity index (χ1) is 9.12. The lowest BCUT2D eigenvalue weighted by molar-refractivity contribution is 0.229. The molecule has 0 heterocycles. The lowest BCUT2D eigenvalue weighted by atomic mass is 9.99. The zero-order valence-electron chi connectivity index (χ0n) is 13.0. The summed E-state index contributed by atoms with van der Waals surface area (Å²) in [5.41, 5.74) is 3.71. The standard InChI is InChI=1S/C18H28O/c1-6-9-16(10-7-2)13-19-17-11-14(4)18(8-3)15(5)12-17/h8,11-12,16H,3,6-7,9-10,13H2,1-2,4-5H3. The van der Waals surface area contributed by atoms with Crippen LogP contribution in [0, 0.1) is 19.8 Å². The first-order valence-electron chi connectivity index (χ1n) is 7.48. The van der Waals surface area contributed by atoms with Gasteiger partial charge in [0, 0.05) is 0 Å². The maximum absolute atomic E-state index is 6.00. The van der Waals surface area contributed by atoms with Crippen molar-refractivity contribution < 1.29 is 4.74 Å². The van der Waals surface area contributed by atoms with E-state index in [2.05, 4.69) is 46.4 Å². The second-order valence-electron chi connectivity index (χ2n) is 5.43. The van der Waals surface area contributed by atoms with Crippen LogP contribution in [0.1, 0.15) is 56.2 Å². The molecule has 0 aliphatic rings. The minimum Gasteiger partial charge on any atom is -0.493 e. The van der Waals surface area contributed by atoms with Gasteiger partial charge in [0.2, 0.25) is 0 Å². The Bertz CT molecular complexity index is 377. The van der Waals surface area contributed by atoms with Crippen molar-refractivity contribution in [2.45, 2.75) is 53.4 Å². The second-order valence-corrected chi connectivity index (χ2v) is 5.43. The van der Waals surface area contributed by atoms with Crippen molar-refractivity contribution in [2.24, 2.45) is 5.92 Å². The molecule has 1 aromatic carbocycles. The van der Waals surface area contributed by atoms with Gasteiger partial charge in [-0.05, 0) is 61.4 Å². The van der Waals surface area contributed by atoms with Gasteiger partial charge in [-0.15, -0.1) is 0 Å². The van der Waals surface area contributed by atoms with Crippen LogP contribution in [0.2, 0.25) is 0 Å². The number of ether oxygens (including phenoxy) is 1. The first kappa shape index (κ1) is 15.8. The van der Waals surface area contributed by atoms with Crippen LogP contribution in [0.15, 0.2) is 18.7 Å². The summed E-state index contributed by atoms with van der Waals surface area (Å²) in [6.45, 7) is 13.4. The zero-order valence-corrected chi connectivity index (χ0v) is 13.0. The molecule has 0 aliphatic heterocycles. The summed E-state index contributed by atoms with van der Waals surface area (Å²) >= 11 is 0. The Morgan fingerprint density at radius 2 is 1.63 bits per heavy atom. The van der Waals surface area contributed by atoms with E-state index in [1.807, 2.05) is 6.08 Å². The van der Waals surface area contributed by atoms with Crippen molar-refractivity contribution in [3.05, 3.63) is 35.4 Å². The fourth-order valence-corrected chi connectivity index (χ4v) is 2.68. The molecular formula is C18H28O. The molecule has 0 aromatic heterocycles. The minimum atomic E-state index is 0.690. The Morgan fingerprint density at radius 1 is 1.11 bits per heavy atom. The van der Waals surface area contributed by atoms with Gasteiger partial charge in [0.05, 0.1) is 6.61 Å². The molecular weight excluding hydrogens is 232 g/mol. The number of benzene rings is 1. The molecule has 0 aliphatic carbocycles. The second kappa shape index (κ2) is 8.04. The molecule has 0 bridgehead atoms. The molecule has 0 amide bonds. The van der Waals surface area contributed by atoms with Crippen molar-refractivity contribution >= 4 is 6.08 Å². The van der Waals surface area contributed by atoms with Crippen LogP contribution in [-0.2, 0) is 0 Å². The van der Waals surface area contributed by atoms with Gasteiger partial charge < -0.3 is 4.74 Å². The molecule has 1 nitrogen and oxygen atoms in total. The Morgan fingerprint density at radius 3 is 2.05 bits per heavy atom. The van der Waals surface area contributed by atoms with Crippen LogP contribution in [-0.4, -0.2) is 6.61 Å². The third kappa shape index (κ3) is 4.74. The number of hydrogen-bond donors (Lipinski definition) is 0. The molecule has 0 atom stereocenters. The summed E-state index contributed by atoms with van der Waals surface area (Å²) in [4.78, 5) is 0. The van der Waals surface area contributed by atoms with Crippen LogP contribution in [0.3, 0.4) is 0 Å². The maximum Gasteiger partial charge on any atom is 0.119 e. The van der Waals surface area contributed by atoms with E-state index in [4.69, 9.17) is 4.74 Å². The molecule has 19 heavy (non-hydrogen) atoms. The number of aryl methyl sites for hydroxylation is 2. The summed E-state index contributed by atoms with van der Waals surface area (Å²) < 4.78 is 6.00. The average Bonchev–Trinajstić information content (AvgIpc) is 2.36. The molecule has 1 heteroatoms. The van der Waals surface area contributed by atoms with Gasteiger partial charge in [-0.25, -0.2) is 0 Å². The topological polar surface area (TPSA) is 9.23 Å². The fourth-order valence-electron chi connectivity index (χ4n) is 2.68. The van der Waals surface area contributed by atoms with Gasteiger partial charge in [-0.3, -0.25) is 0 Å². The number of rotatable bonds is 8.